The van der Waals surface area contributed by atoms with E-state index in [1.807, 2.05) is 0 Å². The second-order valence-electron chi connectivity index (χ2n) is 8.55. The minimum atomic E-state index is -1.34. The van der Waals surface area contributed by atoms with Crippen molar-refractivity contribution in [3.05, 3.63) is 0 Å². The molecule has 0 aromatic heterocycles. The molecule has 4 atom stereocenters. The van der Waals surface area contributed by atoms with Crippen molar-refractivity contribution in [1.29, 1.82) is 0 Å². The van der Waals surface area contributed by atoms with Crippen molar-refractivity contribution in [2.24, 2.45) is 22.9 Å². The summed E-state index contributed by atoms with van der Waals surface area (Å²) in [6, 6.07) is -4.30. The van der Waals surface area contributed by atoms with Gasteiger partial charge in [-0.05, 0) is 51.5 Å². The van der Waals surface area contributed by atoms with Crippen LogP contribution < -0.4 is 33.6 Å². The Kier molecular flexibility index (Phi) is 12.7. The van der Waals surface area contributed by atoms with Crippen LogP contribution in [0.2, 0.25) is 0 Å². The van der Waals surface area contributed by atoms with Crippen LogP contribution in [0.15, 0.2) is 0 Å². The molecule has 0 radical (unpaired) electrons. The number of likely N-dealkylation sites (tertiary alicyclic amines) is 1. The number of nitrogens with one attached hydrogen (secondary N) is 2. The second kappa shape index (κ2) is 14.9. The molecule has 4 unspecified atom stereocenters. The molecule has 5 amide bonds. The Balaban J connectivity index is 2.92. The van der Waals surface area contributed by atoms with Crippen LogP contribution in [0.25, 0.3) is 0 Å². The Hall–Kier alpha value is -3.26. The van der Waals surface area contributed by atoms with Crippen LogP contribution in [-0.2, 0) is 28.8 Å². The Labute approximate surface area is 203 Å². The van der Waals surface area contributed by atoms with Crippen LogP contribution in [0.5, 0.6) is 0 Å². The number of nitrogens with zero attached hydrogens (tertiary/aromatic N) is 1. The zero-order valence-electron chi connectivity index (χ0n) is 19.7. The topological polar surface area (TPSA) is 254 Å². The number of carboxylic acids is 1. The Morgan fingerprint density at radius 3 is 2.11 bits per heavy atom. The molecule has 0 aromatic rings. The maximum atomic E-state index is 13.3. The van der Waals surface area contributed by atoms with E-state index in [2.05, 4.69) is 10.6 Å². The molecule has 0 aromatic carbocycles. The van der Waals surface area contributed by atoms with Gasteiger partial charge in [-0.1, -0.05) is 0 Å². The molecule has 1 aliphatic rings. The number of hydrogen-bond donors (Lipinski definition) is 7. The first-order valence-corrected chi connectivity index (χ1v) is 11.6. The van der Waals surface area contributed by atoms with Gasteiger partial charge < -0.3 is 43.6 Å². The van der Waals surface area contributed by atoms with Crippen LogP contribution in [0, 0.1) is 0 Å². The summed E-state index contributed by atoms with van der Waals surface area (Å²) in [5.74, 6) is -4.43. The van der Waals surface area contributed by atoms with Gasteiger partial charge >= 0.3 is 5.97 Å². The summed E-state index contributed by atoms with van der Waals surface area (Å²) in [7, 11) is 0. The number of aliphatic carboxylic acids is 1. The largest absolute Gasteiger partial charge is 0.480 e. The monoisotopic (exact) mass is 499 g/mol. The molecule has 35 heavy (non-hydrogen) atoms. The fraction of sp³-hybridized carbons (Fsp3) is 0.714. The molecule has 1 heterocycles. The lowest BCUT2D eigenvalue weighted by molar-refractivity contribution is -0.145. The first kappa shape index (κ1) is 29.8. The van der Waals surface area contributed by atoms with Crippen molar-refractivity contribution >= 4 is 35.5 Å². The molecule has 198 valence electrons. The van der Waals surface area contributed by atoms with Crippen LogP contribution in [-0.4, -0.2) is 82.8 Å². The minimum Gasteiger partial charge on any atom is -0.480 e. The van der Waals surface area contributed by atoms with Crippen molar-refractivity contribution in [2.45, 2.75) is 82.0 Å². The number of amides is 5. The normalized spacial score (nSPS) is 17.8. The maximum absolute atomic E-state index is 13.3. The minimum absolute atomic E-state index is 0.0154. The summed E-state index contributed by atoms with van der Waals surface area (Å²) >= 11 is 0. The number of carbonyl (C=O) groups is 6. The molecular weight excluding hydrogens is 462 g/mol. The van der Waals surface area contributed by atoms with E-state index in [9.17, 15) is 33.9 Å². The average molecular weight is 500 g/mol. The van der Waals surface area contributed by atoms with Crippen LogP contribution in [0.3, 0.4) is 0 Å². The first-order valence-electron chi connectivity index (χ1n) is 11.6. The number of carbonyl (C=O) groups excluding carboxylic acids is 5. The van der Waals surface area contributed by atoms with Crippen molar-refractivity contribution in [2.75, 3.05) is 13.1 Å². The molecule has 0 aliphatic carbocycles. The molecule has 1 aliphatic heterocycles. The Morgan fingerprint density at radius 1 is 0.914 bits per heavy atom. The van der Waals surface area contributed by atoms with Gasteiger partial charge in [-0.3, -0.25) is 24.0 Å². The van der Waals surface area contributed by atoms with Crippen molar-refractivity contribution in [3.63, 3.8) is 0 Å². The van der Waals surface area contributed by atoms with Crippen molar-refractivity contribution < 1.29 is 33.9 Å². The SMILES string of the molecule is NCCCCC(NC(=O)C(N)CCC(N)=O)C(=O)N1CCCC1C(=O)NC(CCC(N)=O)C(=O)O. The number of primary amides is 2. The molecule has 0 saturated carbocycles. The van der Waals surface area contributed by atoms with Gasteiger partial charge in [0.2, 0.25) is 29.5 Å². The van der Waals surface area contributed by atoms with E-state index in [1.54, 1.807) is 0 Å². The Morgan fingerprint density at radius 2 is 1.54 bits per heavy atom. The predicted octanol–water partition coefficient (Wildman–Crippen LogP) is -2.98. The summed E-state index contributed by atoms with van der Waals surface area (Å²) in [4.78, 5) is 73.4. The number of carboxylic acid groups (broad SMARTS) is 1. The molecule has 0 spiro atoms. The molecule has 11 N–H and O–H groups in total. The predicted molar refractivity (Wildman–Crippen MR) is 124 cm³/mol. The van der Waals surface area contributed by atoms with E-state index in [0.29, 0.717) is 32.2 Å². The lowest BCUT2D eigenvalue weighted by Gasteiger charge is -2.30. The maximum Gasteiger partial charge on any atom is 0.326 e. The van der Waals surface area contributed by atoms with Crippen molar-refractivity contribution in [3.8, 4) is 0 Å². The summed E-state index contributed by atoms with van der Waals surface area (Å²) in [5, 5.41) is 14.3. The third-order valence-electron chi connectivity index (χ3n) is 5.73. The van der Waals surface area contributed by atoms with Crippen LogP contribution >= 0.6 is 0 Å². The highest BCUT2D eigenvalue weighted by molar-refractivity contribution is 5.94. The van der Waals surface area contributed by atoms with E-state index < -0.39 is 59.7 Å². The average Bonchev–Trinajstić information content (AvgIpc) is 3.28. The van der Waals surface area contributed by atoms with Gasteiger partial charge in [-0.15, -0.1) is 0 Å². The number of rotatable bonds is 16. The van der Waals surface area contributed by atoms with E-state index in [4.69, 9.17) is 22.9 Å². The number of hydrogen-bond acceptors (Lipinski definition) is 8. The summed E-state index contributed by atoms with van der Waals surface area (Å²) in [6.07, 6.45) is 1.72. The van der Waals surface area contributed by atoms with Gasteiger partial charge in [-0.25, -0.2) is 4.79 Å². The fourth-order valence-corrected chi connectivity index (χ4v) is 3.77. The number of unbranched alkanes of at least 4 members (excludes halogenated alkanes) is 1. The molecule has 1 rings (SSSR count). The zero-order chi connectivity index (χ0) is 26.5. The molecule has 14 heteroatoms. The zero-order valence-corrected chi connectivity index (χ0v) is 19.7. The van der Waals surface area contributed by atoms with E-state index in [0.717, 1.165) is 0 Å². The number of nitrogens with two attached hydrogens (primary N) is 4. The fourth-order valence-electron chi connectivity index (χ4n) is 3.77. The quantitative estimate of drug-likeness (QED) is 0.107. The molecular formula is C21H37N7O7. The third-order valence-corrected chi connectivity index (χ3v) is 5.73. The smallest absolute Gasteiger partial charge is 0.326 e. The molecule has 14 nitrogen and oxygen atoms in total. The van der Waals surface area contributed by atoms with Crippen LogP contribution in [0.1, 0.15) is 57.8 Å². The first-order chi connectivity index (χ1) is 16.5. The van der Waals surface area contributed by atoms with Gasteiger partial charge in [0.1, 0.15) is 18.1 Å². The van der Waals surface area contributed by atoms with E-state index >= 15 is 0 Å². The van der Waals surface area contributed by atoms with Gasteiger partial charge in [0.05, 0.1) is 6.04 Å². The summed E-state index contributed by atoms with van der Waals surface area (Å²) < 4.78 is 0. The summed E-state index contributed by atoms with van der Waals surface area (Å²) in [5.41, 5.74) is 21.5. The molecule has 1 saturated heterocycles. The lowest BCUT2D eigenvalue weighted by Crippen LogP contribution is -2.56. The highest BCUT2D eigenvalue weighted by atomic mass is 16.4. The third kappa shape index (κ3) is 10.3. The van der Waals surface area contributed by atoms with Crippen molar-refractivity contribution in [1.82, 2.24) is 15.5 Å². The van der Waals surface area contributed by atoms with E-state index in [-0.39, 0.29) is 38.6 Å². The van der Waals surface area contributed by atoms with Crippen LogP contribution in [0.4, 0.5) is 0 Å². The highest BCUT2D eigenvalue weighted by Crippen LogP contribution is 2.20. The van der Waals surface area contributed by atoms with Gasteiger partial charge in [-0.2, -0.15) is 0 Å². The standard InChI is InChI=1S/C21H37N7O7/c22-10-2-1-4-13(26-18(31)12(23)6-8-16(24)29)20(33)28-11-3-5-15(28)19(32)27-14(21(34)35)7-9-17(25)30/h12-15H,1-11,22-23H2,(H2,24,29)(H2,25,30)(H,26,31)(H,27,32)(H,34,35). The van der Waals surface area contributed by atoms with Gasteiger partial charge in [0.15, 0.2) is 0 Å². The molecule has 1 fully saturated rings. The van der Waals surface area contributed by atoms with Gasteiger partial charge in [0.25, 0.3) is 0 Å². The highest BCUT2D eigenvalue weighted by Gasteiger charge is 2.39. The second-order valence-corrected chi connectivity index (χ2v) is 8.55. The van der Waals surface area contributed by atoms with E-state index in [1.165, 1.54) is 4.90 Å². The summed E-state index contributed by atoms with van der Waals surface area (Å²) in [6.45, 7) is 0.635. The van der Waals surface area contributed by atoms with Gasteiger partial charge in [0, 0.05) is 19.4 Å². The molecule has 0 bridgehead atoms. The lowest BCUT2D eigenvalue weighted by atomic mass is 10.0. The Bertz CT molecular complexity index is 792.